The minimum Gasteiger partial charge on any atom is -0.464 e. The van der Waals surface area contributed by atoms with Gasteiger partial charge in [0.05, 0.1) is 13.2 Å². The number of ether oxygens (including phenoxy) is 1. The Hall–Kier alpha value is -2.27. The molecule has 0 spiro atoms. The Balaban J connectivity index is 1.35. The fraction of sp³-hybridized carbons (Fsp3) is 0.500. The number of carbonyl (C=O) groups is 1. The minimum absolute atomic E-state index is 0.0209. The van der Waals surface area contributed by atoms with E-state index in [2.05, 4.69) is 24.4 Å². The van der Waals surface area contributed by atoms with Crippen molar-refractivity contribution >= 4 is 6.03 Å². The second kappa shape index (κ2) is 7.77. The largest absolute Gasteiger partial charge is 0.464 e. The summed E-state index contributed by atoms with van der Waals surface area (Å²) in [4.78, 5) is 14.7. The Kier molecular flexibility index (Phi) is 5.21. The highest BCUT2D eigenvalue weighted by atomic mass is 16.5. The molecular weight excluding hydrogens is 340 g/mol. The van der Waals surface area contributed by atoms with Gasteiger partial charge in [0.15, 0.2) is 0 Å². The highest BCUT2D eigenvalue weighted by molar-refractivity contribution is 5.74. The number of nitrogens with one attached hydrogen (secondary N) is 1. The van der Waals surface area contributed by atoms with E-state index in [9.17, 15) is 4.79 Å². The molecule has 27 heavy (non-hydrogen) atoms. The quantitative estimate of drug-likeness (QED) is 0.750. The molecule has 2 saturated carbocycles. The fourth-order valence-electron chi connectivity index (χ4n) is 3.59. The second-order valence-electron chi connectivity index (χ2n) is 7.89. The number of rotatable bonds is 8. The first kappa shape index (κ1) is 18.1. The van der Waals surface area contributed by atoms with E-state index in [1.165, 1.54) is 6.42 Å². The van der Waals surface area contributed by atoms with Gasteiger partial charge in [0, 0.05) is 25.6 Å². The monoisotopic (exact) mass is 368 g/mol. The molecule has 1 aromatic carbocycles. The van der Waals surface area contributed by atoms with Crippen LogP contribution in [0.2, 0.25) is 0 Å². The summed E-state index contributed by atoms with van der Waals surface area (Å²) < 4.78 is 11.2. The van der Waals surface area contributed by atoms with Gasteiger partial charge in [-0.15, -0.1) is 0 Å². The maximum Gasteiger partial charge on any atom is 0.318 e. The van der Waals surface area contributed by atoms with Gasteiger partial charge in [0.25, 0.3) is 0 Å². The number of hydrogen-bond donors (Lipinski definition) is 1. The predicted molar refractivity (Wildman–Crippen MR) is 103 cm³/mol. The normalized spacial score (nSPS) is 21.1. The molecule has 5 heteroatoms. The molecule has 2 unspecified atom stereocenters. The van der Waals surface area contributed by atoms with Gasteiger partial charge in [-0.1, -0.05) is 31.2 Å². The minimum atomic E-state index is -0.0209. The van der Waals surface area contributed by atoms with Gasteiger partial charge < -0.3 is 19.4 Å². The van der Waals surface area contributed by atoms with Crippen molar-refractivity contribution < 1.29 is 13.9 Å². The highest BCUT2D eigenvalue weighted by Gasteiger charge is 2.37. The first-order valence-electron chi connectivity index (χ1n) is 9.84. The topological polar surface area (TPSA) is 54.7 Å². The van der Waals surface area contributed by atoms with Crippen LogP contribution in [0.4, 0.5) is 4.79 Å². The smallest absolute Gasteiger partial charge is 0.318 e. The van der Waals surface area contributed by atoms with Crippen molar-refractivity contribution in [3.05, 3.63) is 59.0 Å². The number of methoxy groups -OCH3 is 1. The Labute approximate surface area is 160 Å². The number of hydrogen-bond acceptors (Lipinski definition) is 3. The van der Waals surface area contributed by atoms with E-state index in [0.717, 1.165) is 41.4 Å². The lowest BCUT2D eigenvalue weighted by Crippen LogP contribution is -2.40. The molecule has 1 N–H and O–H groups in total. The van der Waals surface area contributed by atoms with Crippen molar-refractivity contribution in [2.45, 2.75) is 57.8 Å². The summed E-state index contributed by atoms with van der Waals surface area (Å²) in [6.07, 6.45) is 3.36. The summed E-state index contributed by atoms with van der Waals surface area (Å²) in [6.45, 7) is 3.89. The van der Waals surface area contributed by atoms with Gasteiger partial charge in [-0.3, -0.25) is 0 Å². The van der Waals surface area contributed by atoms with Crippen molar-refractivity contribution in [2.24, 2.45) is 5.92 Å². The van der Waals surface area contributed by atoms with Gasteiger partial charge in [-0.05, 0) is 48.4 Å². The Morgan fingerprint density at radius 3 is 2.74 bits per heavy atom. The molecular formula is C22H28N2O3. The molecule has 2 aromatic rings. The number of amides is 2. The molecule has 2 atom stereocenters. The predicted octanol–water partition coefficient (Wildman–Crippen LogP) is 4.42. The van der Waals surface area contributed by atoms with Gasteiger partial charge in [-0.2, -0.15) is 0 Å². The van der Waals surface area contributed by atoms with Crippen LogP contribution in [0.15, 0.2) is 40.8 Å². The Morgan fingerprint density at radius 1 is 1.26 bits per heavy atom. The Bertz CT molecular complexity index is 796. The zero-order chi connectivity index (χ0) is 18.8. The van der Waals surface area contributed by atoms with Crippen LogP contribution in [-0.2, 0) is 24.4 Å². The van der Waals surface area contributed by atoms with Crippen molar-refractivity contribution in [1.29, 1.82) is 0 Å². The van der Waals surface area contributed by atoms with Crippen LogP contribution in [0.1, 0.15) is 54.8 Å². The lowest BCUT2D eigenvalue weighted by Gasteiger charge is -2.22. The number of nitrogens with zero attached hydrogens (tertiary/aromatic N) is 1. The van der Waals surface area contributed by atoms with Crippen LogP contribution in [-0.4, -0.2) is 24.1 Å². The molecule has 5 nitrogen and oxygen atoms in total. The molecule has 2 amide bonds. The summed E-state index contributed by atoms with van der Waals surface area (Å²) in [5.41, 5.74) is 2.19. The summed E-state index contributed by atoms with van der Waals surface area (Å²) in [6, 6.07) is 12.5. The average Bonchev–Trinajstić information content (AvgIpc) is 3.58. The summed E-state index contributed by atoms with van der Waals surface area (Å²) in [7, 11) is 1.69. The van der Waals surface area contributed by atoms with Gasteiger partial charge in [0.2, 0.25) is 0 Å². The number of carbonyl (C=O) groups excluding carboxylic acids is 1. The zero-order valence-electron chi connectivity index (χ0n) is 16.1. The number of furan rings is 1. The lowest BCUT2D eigenvalue weighted by molar-refractivity contribution is 0.184. The summed E-state index contributed by atoms with van der Waals surface area (Å²) >= 11 is 0. The summed E-state index contributed by atoms with van der Waals surface area (Å²) in [5.74, 6) is 3.25. The molecule has 4 rings (SSSR count). The highest BCUT2D eigenvalue weighted by Crippen LogP contribution is 2.47. The first-order valence-corrected chi connectivity index (χ1v) is 9.84. The van der Waals surface area contributed by atoms with E-state index < -0.39 is 0 Å². The molecule has 144 valence electrons. The second-order valence-corrected chi connectivity index (χ2v) is 7.89. The lowest BCUT2D eigenvalue weighted by atomic mass is 10.1. The van der Waals surface area contributed by atoms with Crippen molar-refractivity contribution in [3.8, 4) is 0 Å². The number of benzene rings is 1. The SMILES string of the molecule is COCc1cccc(CNC(=O)N(Cc2ccc(C3CC3C)o2)C2CC2)c1. The molecule has 2 fully saturated rings. The van der Waals surface area contributed by atoms with Crippen molar-refractivity contribution in [2.75, 3.05) is 7.11 Å². The zero-order valence-corrected chi connectivity index (χ0v) is 16.1. The third-order valence-corrected chi connectivity index (χ3v) is 5.48. The van der Waals surface area contributed by atoms with Crippen LogP contribution >= 0.6 is 0 Å². The van der Waals surface area contributed by atoms with Crippen LogP contribution < -0.4 is 5.32 Å². The van der Waals surface area contributed by atoms with Gasteiger partial charge >= 0.3 is 6.03 Å². The van der Waals surface area contributed by atoms with Crippen LogP contribution in [0, 0.1) is 5.92 Å². The van der Waals surface area contributed by atoms with E-state index >= 15 is 0 Å². The van der Waals surface area contributed by atoms with Crippen LogP contribution in [0.3, 0.4) is 0 Å². The molecule has 1 aromatic heterocycles. The van der Waals surface area contributed by atoms with E-state index in [-0.39, 0.29) is 6.03 Å². The molecule has 0 aliphatic heterocycles. The van der Waals surface area contributed by atoms with E-state index in [0.29, 0.717) is 31.7 Å². The van der Waals surface area contributed by atoms with E-state index in [4.69, 9.17) is 9.15 Å². The third kappa shape index (κ3) is 4.53. The maximum absolute atomic E-state index is 12.8. The van der Waals surface area contributed by atoms with Crippen LogP contribution in [0.25, 0.3) is 0 Å². The standard InChI is InChI=1S/C22H28N2O3/c1-15-10-20(15)21-9-8-19(27-21)13-24(18-6-7-18)22(25)23-12-16-4-3-5-17(11-16)14-26-2/h3-5,8-9,11,15,18,20H,6-7,10,12-14H2,1-2H3,(H,23,25). The van der Waals surface area contributed by atoms with Gasteiger partial charge in [0.1, 0.15) is 11.5 Å². The van der Waals surface area contributed by atoms with Crippen molar-refractivity contribution in [3.63, 3.8) is 0 Å². The number of urea groups is 1. The maximum atomic E-state index is 12.8. The molecule has 2 aliphatic rings. The molecule has 0 bridgehead atoms. The van der Waals surface area contributed by atoms with Crippen LogP contribution in [0.5, 0.6) is 0 Å². The average molecular weight is 368 g/mol. The molecule has 0 saturated heterocycles. The van der Waals surface area contributed by atoms with Gasteiger partial charge in [-0.25, -0.2) is 4.79 Å². The molecule has 0 radical (unpaired) electrons. The molecule has 2 aliphatic carbocycles. The molecule has 1 heterocycles. The van der Waals surface area contributed by atoms with E-state index in [1.54, 1.807) is 7.11 Å². The third-order valence-electron chi connectivity index (χ3n) is 5.48. The van der Waals surface area contributed by atoms with Crippen molar-refractivity contribution in [1.82, 2.24) is 10.2 Å². The first-order chi connectivity index (χ1) is 13.1. The van der Waals surface area contributed by atoms with E-state index in [1.807, 2.05) is 29.2 Å². The fourth-order valence-corrected chi connectivity index (χ4v) is 3.59. The Morgan fingerprint density at radius 2 is 2.04 bits per heavy atom. The summed E-state index contributed by atoms with van der Waals surface area (Å²) in [5, 5.41) is 3.06.